The van der Waals surface area contributed by atoms with E-state index in [-0.39, 0.29) is 17.6 Å². The van der Waals surface area contributed by atoms with Gasteiger partial charge >= 0.3 is 0 Å². The third-order valence-electron chi connectivity index (χ3n) is 4.88. The molecule has 2 aliphatic heterocycles. The van der Waals surface area contributed by atoms with Gasteiger partial charge in [0.25, 0.3) is 5.91 Å². The molecule has 0 radical (unpaired) electrons. The Morgan fingerprint density at radius 1 is 1.20 bits per heavy atom. The monoisotopic (exact) mass is 440 g/mol. The van der Waals surface area contributed by atoms with Gasteiger partial charge < -0.3 is 5.32 Å². The van der Waals surface area contributed by atoms with E-state index in [1.54, 1.807) is 11.0 Å². The zero-order valence-electron chi connectivity index (χ0n) is 16.5. The van der Waals surface area contributed by atoms with Crippen LogP contribution in [-0.2, 0) is 16.1 Å². The fraction of sp³-hybridized carbons (Fsp3) is 0.273. The van der Waals surface area contributed by atoms with Crippen LogP contribution in [0.15, 0.2) is 58.5 Å². The lowest BCUT2D eigenvalue weighted by Gasteiger charge is -2.25. The number of amidine groups is 2. The topological polar surface area (TPSA) is 74.1 Å². The van der Waals surface area contributed by atoms with Gasteiger partial charge in [0.05, 0.1) is 11.4 Å². The van der Waals surface area contributed by atoms with Crippen molar-refractivity contribution in [3.8, 4) is 0 Å². The van der Waals surface area contributed by atoms with E-state index in [9.17, 15) is 9.59 Å². The number of thioether (sulfide) groups is 1. The first kappa shape index (κ1) is 20.6. The largest absolute Gasteiger partial charge is 0.351 e. The number of nitrogens with zero attached hydrogens (tertiary/aromatic N) is 3. The molecule has 4 rings (SSSR count). The normalized spacial score (nSPS) is 17.2. The van der Waals surface area contributed by atoms with Crippen LogP contribution in [0.4, 0.5) is 5.69 Å². The summed E-state index contributed by atoms with van der Waals surface area (Å²) in [6.07, 6.45) is 1.56. The number of nitrogens with one attached hydrogen (secondary N) is 1. The smallest absolute Gasteiger partial charge is 0.259 e. The Balaban J connectivity index is 1.48. The van der Waals surface area contributed by atoms with Crippen LogP contribution in [0, 0.1) is 0 Å². The predicted octanol–water partition coefficient (Wildman–Crippen LogP) is 4.15. The maximum atomic E-state index is 12.9. The third-order valence-corrected chi connectivity index (χ3v) is 6.18. The lowest BCUT2D eigenvalue weighted by Crippen LogP contribution is -2.41. The Labute approximate surface area is 184 Å². The highest BCUT2D eigenvalue weighted by Crippen LogP contribution is 2.34. The fourth-order valence-electron chi connectivity index (χ4n) is 3.38. The summed E-state index contributed by atoms with van der Waals surface area (Å²) < 4.78 is 0. The molecule has 0 aliphatic carbocycles. The van der Waals surface area contributed by atoms with Crippen molar-refractivity contribution in [3.05, 3.63) is 64.7 Å². The number of amides is 2. The first-order chi connectivity index (χ1) is 14.6. The molecule has 154 valence electrons. The van der Waals surface area contributed by atoms with Crippen molar-refractivity contribution >= 4 is 51.9 Å². The average molecular weight is 441 g/mol. The molecule has 1 unspecified atom stereocenters. The van der Waals surface area contributed by atoms with Crippen molar-refractivity contribution in [1.29, 1.82) is 0 Å². The van der Waals surface area contributed by atoms with Crippen molar-refractivity contribution in [3.63, 3.8) is 0 Å². The molecule has 2 heterocycles. The molecule has 6 nitrogen and oxygen atoms in total. The van der Waals surface area contributed by atoms with E-state index in [0.29, 0.717) is 29.0 Å². The lowest BCUT2D eigenvalue weighted by molar-refractivity contribution is -0.124. The number of carbonyl (C=O) groups is 2. The molecule has 8 heteroatoms. The second kappa shape index (κ2) is 9.02. The molecule has 1 N–H and O–H groups in total. The molecule has 0 saturated carbocycles. The molecule has 0 saturated heterocycles. The summed E-state index contributed by atoms with van der Waals surface area (Å²) in [4.78, 5) is 36.2. The van der Waals surface area contributed by atoms with Crippen molar-refractivity contribution in [1.82, 2.24) is 10.2 Å². The van der Waals surface area contributed by atoms with Gasteiger partial charge in [0.1, 0.15) is 11.9 Å². The molecule has 0 aromatic heterocycles. The number of hydrogen-bond donors (Lipinski definition) is 1. The van der Waals surface area contributed by atoms with Gasteiger partial charge in [-0.05, 0) is 30.2 Å². The zero-order chi connectivity index (χ0) is 21.1. The van der Waals surface area contributed by atoms with E-state index in [2.05, 4.69) is 15.3 Å². The predicted molar refractivity (Wildman–Crippen MR) is 121 cm³/mol. The average Bonchev–Trinajstić information content (AvgIpc) is 3.08. The van der Waals surface area contributed by atoms with Gasteiger partial charge in [-0.25, -0.2) is 9.89 Å². The van der Waals surface area contributed by atoms with Crippen LogP contribution >= 0.6 is 23.4 Å². The van der Waals surface area contributed by atoms with E-state index >= 15 is 0 Å². The number of aliphatic imine (C=N–C) groups is 2. The van der Waals surface area contributed by atoms with E-state index in [4.69, 9.17) is 11.6 Å². The maximum Gasteiger partial charge on any atom is 0.259 e. The molecule has 2 amide bonds. The second-order valence-electron chi connectivity index (χ2n) is 7.00. The molecule has 2 aliphatic rings. The van der Waals surface area contributed by atoms with Gasteiger partial charge in [0.15, 0.2) is 5.17 Å². The van der Waals surface area contributed by atoms with Gasteiger partial charge in [-0.15, -0.1) is 0 Å². The molecular weight excluding hydrogens is 420 g/mol. The van der Waals surface area contributed by atoms with Crippen LogP contribution < -0.4 is 5.32 Å². The molecular formula is C22H21ClN4O2S. The number of carbonyl (C=O) groups excluding carboxylic acids is 2. The standard InChI is InChI=1S/C22H21ClN4O2S/c1-2-7-18-21(29)27-20(25-18)15-9-4-6-11-17(15)26-22(27)30-13-19(28)24-12-14-8-3-5-10-16(14)23/h3-6,8-11,18H,2,7,12-13H2,1H3,(H,24,28). The van der Waals surface area contributed by atoms with Crippen LogP contribution in [-0.4, -0.2) is 39.5 Å². The summed E-state index contributed by atoms with van der Waals surface area (Å²) in [7, 11) is 0. The number of rotatable bonds is 6. The Kier molecular flexibility index (Phi) is 6.20. The molecule has 0 bridgehead atoms. The summed E-state index contributed by atoms with van der Waals surface area (Å²) >= 11 is 7.38. The highest BCUT2D eigenvalue weighted by Gasteiger charge is 2.40. The molecule has 2 aromatic carbocycles. The van der Waals surface area contributed by atoms with Gasteiger partial charge in [0, 0.05) is 17.1 Å². The highest BCUT2D eigenvalue weighted by atomic mass is 35.5. The third kappa shape index (κ3) is 4.13. The Morgan fingerprint density at radius 2 is 1.97 bits per heavy atom. The first-order valence-electron chi connectivity index (χ1n) is 9.81. The maximum absolute atomic E-state index is 12.9. The van der Waals surface area contributed by atoms with Crippen molar-refractivity contribution in [2.45, 2.75) is 32.4 Å². The van der Waals surface area contributed by atoms with Crippen LogP contribution in [0.5, 0.6) is 0 Å². The fourth-order valence-corrected chi connectivity index (χ4v) is 4.41. The van der Waals surface area contributed by atoms with E-state index in [1.807, 2.05) is 49.4 Å². The number of para-hydroxylation sites is 1. The number of fused-ring (bicyclic) bond motifs is 3. The first-order valence-corrected chi connectivity index (χ1v) is 11.2. The molecule has 1 atom stereocenters. The van der Waals surface area contributed by atoms with E-state index in [1.165, 1.54) is 11.8 Å². The Bertz CT molecular complexity index is 1050. The van der Waals surface area contributed by atoms with Crippen LogP contribution in [0.25, 0.3) is 0 Å². The SMILES string of the molecule is CCCC1N=C2c3ccccc3N=C(SCC(=O)NCc3ccccc3Cl)N2C1=O. The summed E-state index contributed by atoms with van der Waals surface area (Å²) in [6.45, 7) is 2.38. The van der Waals surface area contributed by atoms with E-state index < -0.39 is 6.04 Å². The van der Waals surface area contributed by atoms with Crippen LogP contribution in [0.3, 0.4) is 0 Å². The second-order valence-corrected chi connectivity index (χ2v) is 8.35. The van der Waals surface area contributed by atoms with Gasteiger partial charge in [0.2, 0.25) is 5.91 Å². The summed E-state index contributed by atoms with van der Waals surface area (Å²) in [5.41, 5.74) is 2.46. The number of halogens is 1. The summed E-state index contributed by atoms with van der Waals surface area (Å²) in [6, 6.07) is 14.6. The molecule has 2 aromatic rings. The minimum Gasteiger partial charge on any atom is -0.351 e. The summed E-state index contributed by atoms with van der Waals surface area (Å²) in [5.74, 6) is 0.532. The number of hydrogen-bond acceptors (Lipinski definition) is 5. The molecule has 0 spiro atoms. The van der Waals surface area contributed by atoms with Crippen LogP contribution in [0.1, 0.15) is 30.9 Å². The molecule has 30 heavy (non-hydrogen) atoms. The number of benzene rings is 2. The lowest BCUT2D eigenvalue weighted by atomic mass is 10.1. The Morgan fingerprint density at radius 3 is 2.77 bits per heavy atom. The van der Waals surface area contributed by atoms with Crippen molar-refractivity contribution in [2.24, 2.45) is 9.98 Å². The highest BCUT2D eigenvalue weighted by molar-refractivity contribution is 8.14. The minimum atomic E-state index is -0.393. The molecule has 0 fully saturated rings. The van der Waals surface area contributed by atoms with Crippen molar-refractivity contribution in [2.75, 3.05) is 5.75 Å². The summed E-state index contributed by atoms with van der Waals surface area (Å²) in [5, 5.41) is 3.97. The van der Waals surface area contributed by atoms with Crippen molar-refractivity contribution < 1.29 is 9.59 Å². The van der Waals surface area contributed by atoms with Gasteiger partial charge in [-0.2, -0.15) is 0 Å². The zero-order valence-corrected chi connectivity index (χ0v) is 18.0. The quantitative estimate of drug-likeness (QED) is 0.733. The minimum absolute atomic E-state index is 0.0796. The van der Waals surface area contributed by atoms with Gasteiger partial charge in [-0.3, -0.25) is 14.6 Å². The van der Waals surface area contributed by atoms with Gasteiger partial charge in [-0.1, -0.05) is 67.0 Å². The van der Waals surface area contributed by atoms with Crippen LogP contribution in [0.2, 0.25) is 5.02 Å². The Hall–Kier alpha value is -2.64. The van der Waals surface area contributed by atoms with E-state index in [0.717, 1.165) is 23.2 Å².